The zero-order valence-electron chi connectivity index (χ0n) is 8.41. The third-order valence-corrected chi connectivity index (χ3v) is 3.33. The lowest BCUT2D eigenvalue weighted by molar-refractivity contribution is 0.203. The van der Waals surface area contributed by atoms with Crippen molar-refractivity contribution in [2.75, 3.05) is 26.2 Å². The quantitative estimate of drug-likeness (QED) is 0.690. The number of nitrogens with one attached hydrogen (secondary N) is 1. The molecule has 80 valence electrons. The van der Waals surface area contributed by atoms with Crippen LogP contribution in [0.2, 0.25) is 0 Å². The Labute approximate surface area is 84.3 Å². The van der Waals surface area contributed by atoms with Crippen molar-refractivity contribution in [3.63, 3.8) is 0 Å². The summed E-state index contributed by atoms with van der Waals surface area (Å²) in [6, 6.07) is 0.0810. The number of urea groups is 1. The average Bonchev–Trinajstić information content (AvgIpc) is 2.77. The van der Waals surface area contributed by atoms with Crippen molar-refractivity contribution < 1.29 is 9.90 Å². The molecule has 14 heavy (non-hydrogen) atoms. The largest absolute Gasteiger partial charge is 0.396 e. The summed E-state index contributed by atoms with van der Waals surface area (Å²) in [5.74, 6) is 1.08. The molecule has 0 spiro atoms. The summed E-state index contributed by atoms with van der Waals surface area (Å²) in [6.45, 7) is 2.82. The summed E-state index contributed by atoms with van der Waals surface area (Å²) in [5.41, 5.74) is 0. The predicted molar refractivity (Wildman–Crippen MR) is 52.9 cm³/mol. The van der Waals surface area contributed by atoms with E-state index in [2.05, 4.69) is 5.32 Å². The first-order valence-electron chi connectivity index (χ1n) is 5.43. The van der Waals surface area contributed by atoms with E-state index in [1.165, 1.54) is 0 Å². The molecule has 1 saturated heterocycles. The van der Waals surface area contributed by atoms with Crippen molar-refractivity contribution in [1.82, 2.24) is 10.2 Å². The molecule has 1 aliphatic carbocycles. The number of amides is 2. The summed E-state index contributed by atoms with van der Waals surface area (Å²) in [5, 5.41) is 11.8. The van der Waals surface area contributed by atoms with Gasteiger partial charge in [0.05, 0.1) is 0 Å². The van der Waals surface area contributed by atoms with E-state index in [9.17, 15) is 4.79 Å². The predicted octanol–water partition coefficient (Wildman–Crippen LogP) is 0.420. The second kappa shape index (κ2) is 4.17. The lowest BCUT2D eigenvalue weighted by Gasteiger charge is -2.18. The number of hydrogen-bond donors (Lipinski definition) is 2. The zero-order chi connectivity index (χ0) is 9.97. The van der Waals surface area contributed by atoms with Crippen LogP contribution in [0.3, 0.4) is 0 Å². The van der Waals surface area contributed by atoms with Crippen molar-refractivity contribution in [2.24, 2.45) is 11.8 Å². The monoisotopic (exact) mass is 198 g/mol. The summed E-state index contributed by atoms with van der Waals surface area (Å²) in [7, 11) is 0. The Hall–Kier alpha value is -0.770. The molecule has 2 atom stereocenters. The van der Waals surface area contributed by atoms with Gasteiger partial charge in [0.1, 0.15) is 0 Å². The molecule has 2 N–H and O–H groups in total. The Kier molecular flexibility index (Phi) is 2.91. The molecule has 1 aliphatic heterocycles. The SMILES string of the molecule is O=C1NCCN1CC1CCC(CO)C1. The van der Waals surface area contributed by atoms with E-state index in [4.69, 9.17) is 5.11 Å². The highest BCUT2D eigenvalue weighted by molar-refractivity contribution is 5.76. The fourth-order valence-corrected chi connectivity index (χ4v) is 2.51. The summed E-state index contributed by atoms with van der Waals surface area (Å²) in [4.78, 5) is 13.2. The van der Waals surface area contributed by atoms with E-state index in [-0.39, 0.29) is 6.03 Å². The second-order valence-electron chi connectivity index (χ2n) is 4.41. The first-order chi connectivity index (χ1) is 6.79. The molecule has 2 amide bonds. The Morgan fingerprint density at radius 2 is 2.21 bits per heavy atom. The van der Waals surface area contributed by atoms with Gasteiger partial charge in [0.15, 0.2) is 0 Å². The standard InChI is InChI=1S/C10H18N2O2/c13-7-9-2-1-8(5-9)6-12-4-3-11-10(12)14/h8-9,13H,1-7H2,(H,11,14). The van der Waals surface area contributed by atoms with Gasteiger partial charge < -0.3 is 15.3 Å². The summed E-state index contributed by atoms with van der Waals surface area (Å²) in [6.07, 6.45) is 3.37. The number of aliphatic hydroxyl groups excluding tert-OH is 1. The molecule has 0 aromatic rings. The van der Waals surface area contributed by atoms with Crippen LogP contribution in [0.4, 0.5) is 4.79 Å². The molecule has 0 aromatic heterocycles. The highest BCUT2D eigenvalue weighted by atomic mass is 16.3. The number of carbonyl (C=O) groups is 1. The van der Waals surface area contributed by atoms with Gasteiger partial charge >= 0.3 is 6.03 Å². The highest BCUT2D eigenvalue weighted by Crippen LogP contribution is 2.31. The third kappa shape index (κ3) is 2.00. The van der Waals surface area contributed by atoms with E-state index in [1.807, 2.05) is 4.90 Å². The highest BCUT2D eigenvalue weighted by Gasteiger charge is 2.28. The van der Waals surface area contributed by atoms with Crippen LogP contribution in [0, 0.1) is 11.8 Å². The van der Waals surface area contributed by atoms with E-state index in [1.54, 1.807) is 0 Å². The van der Waals surface area contributed by atoms with Crippen molar-refractivity contribution >= 4 is 6.03 Å². The molecule has 2 unspecified atom stereocenters. The minimum atomic E-state index is 0.0810. The van der Waals surface area contributed by atoms with Crippen LogP contribution in [0.15, 0.2) is 0 Å². The maximum Gasteiger partial charge on any atom is 0.317 e. The van der Waals surface area contributed by atoms with Crippen molar-refractivity contribution in [3.05, 3.63) is 0 Å². The fourth-order valence-electron chi connectivity index (χ4n) is 2.51. The van der Waals surface area contributed by atoms with Crippen LogP contribution >= 0.6 is 0 Å². The van der Waals surface area contributed by atoms with Crippen molar-refractivity contribution in [1.29, 1.82) is 0 Å². The number of carbonyl (C=O) groups excluding carboxylic acids is 1. The van der Waals surface area contributed by atoms with Crippen LogP contribution in [-0.4, -0.2) is 42.3 Å². The molecular weight excluding hydrogens is 180 g/mol. The first-order valence-corrected chi connectivity index (χ1v) is 5.43. The van der Waals surface area contributed by atoms with Crippen molar-refractivity contribution in [2.45, 2.75) is 19.3 Å². The van der Waals surface area contributed by atoms with Gasteiger partial charge in [0.2, 0.25) is 0 Å². The molecular formula is C10H18N2O2. The molecule has 0 radical (unpaired) electrons. The molecule has 0 bridgehead atoms. The first kappa shape index (κ1) is 9.77. The zero-order valence-corrected chi connectivity index (χ0v) is 8.41. The molecule has 4 heteroatoms. The fraction of sp³-hybridized carbons (Fsp3) is 0.900. The van der Waals surface area contributed by atoms with E-state index in [0.717, 1.165) is 38.9 Å². The summed E-state index contributed by atoms with van der Waals surface area (Å²) >= 11 is 0. The molecule has 1 saturated carbocycles. The van der Waals surface area contributed by atoms with Crippen LogP contribution in [0.1, 0.15) is 19.3 Å². The van der Waals surface area contributed by atoms with Gasteiger partial charge in [0.25, 0.3) is 0 Å². The van der Waals surface area contributed by atoms with Crippen LogP contribution in [0.5, 0.6) is 0 Å². The van der Waals surface area contributed by atoms with Gasteiger partial charge in [-0.2, -0.15) is 0 Å². The second-order valence-corrected chi connectivity index (χ2v) is 4.41. The smallest absolute Gasteiger partial charge is 0.317 e. The molecule has 0 aromatic carbocycles. The van der Waals surface area contributed by atoms with Gasteiger partial charge in [-0.25, -0.2) is 4.79 Å². The molecule has 2 rings (SSSR count). The van der Waals surface area contributed by atoms with Crippen LogP contribution in [-0.2, 0) is 0 Å². The number of aliphatic hydroxyl groups is 1. The normalized spacial score (nSPS) is 32.4. The molecule has 1 heterocycles. The Morgan fingerprint density at radius 1 is 1.43 bits per heavy atom. The average molecular weight is 198 g/mol. The van der Waals surface area contributed by atoms with E-state index < -0.39 is 0 Å². The molecule has 2 aliphatic rings. The van der Waals surface area contributed by atoms with Crippen LogP contribution in [0.25, 0.3) is 0 Å². The summed E-state index contributed by atoms with van der Waals surface area (Å²) < 4.78 is 0. The maximum absolute atomic E-state index is 11.3. The topological polar surface area (TPSA) is 52.6 Å². The Morgan fingerprint density at radius 3 is 2.79 bits per heavy atom. The van der Waals surface area contributed by atoms with Gasteiger partial charge in [-0.3, -0.25) is 0 Å². The van der Waals surface area contributed by atoms with E-state index in [0.29, 0.717) is 18.4 Å². The molecule has 2 fully saturated rings. The molecule has 4 nitrogen and oxygen atoms in total. The number of hydrogen-bond acceptors (Lipinski definition) is 2. The Balaban J connectivity index is 1.78. The van der Waals surface area contributed by atoms with Gasteiger partial charge in [-0.1, -0.05) is 0 Å². The maximum atomic E-state index is 11.3. The lowest BCUT2D eigenvalue weighted by atomic mass is 10.1. The van der Waals surface area contributed by atoms with Gasteiger partial charge in [-0.15, -0.1) is 0 Å². The number of rotatable bonds is 3. The Bertz CT molecular complexity index is 220. The number of nitrogens with zero attached hydrogens (tertiary/aromatic N) is 1. The van der Waals surface area contributed by atoms with E-state index >= 15 is 0 Å². The van der Waals surface area contributed by atoms with Gasteiger partial charge in [0, 0.05) is 26.2 Å². The third-order valence-electron chi connectivity index (χ3n) is 3.33. The van der Waals surface area contributed by atoms with Crippen molar-refractivity contribution in [3.8, 4) is 0 Å². The van der Waals surface area contributed by atoms with Gasteiger partial charge in [-0.05, 0) is 31.1 Å². The van der Waals surface area contributed by atoms with Crippen LogP contribution < -0.4 is 5.32 Å². The lowest BCUT2D eigenvalue weighted by Crippen LogP contribution is -2.32. The minimum absolute atomic E-state index is 0.0810. The minimum Gasteiger partial charge on any atom is -0.396 e.